The summed E-state index contributed by atoms with van der Waals surface area (Å²) in [4.78, 5) is 4.37. The SMILES string of the molecule is CCc1ccc(CC(O)c2cscc2C)nc1. The molecule has 1 N–H and O–H groups in total. The summed E-state index contributed by atoms with van der Waals surface area (Å²) in [6.45, 7) is 4.14. The van der Waals surface area contributed by atoms with Crippen molar-refractivity contribution in [1.82, 2.24) is 4.98 Å². The molecule has 0 aliphatic rings. The quantitative estimate of drug-likeness (QED) is 0.899. The van der Waals surface area contributed by atoms with E-state index < -0.39 is 6.10 Å². The van der Waals surface area contributed by atoms with E-state index in [1.165, 1.54) is 5.56 Å². The van der Waals surface area contributed by atoms with Crippen molar-refractivity contribution in [2.45, 2.75) is 32.8 Å². The maximum absolute atomic E-state index is 10.1. The monoisotopic (exact) mass is 247 g/mol. The maximum atomic E-state index is 10.1. The highest BCUT2D eigenvalue weighted by Gasteiger charge is 2.12. The molecule has 0 aliphatic heterocycles. The summed E-state index contributed by atoms with van der Waals surface area (Å²) in [7, 11) is 0. The summed E-state index contributed by atoms with van der Waals surface area (Å²) in [6.07, 6.45) is 3.03. The zero-order chi connectivity index (χ0) is 12.3. The number of hydrogen-bond acceptors (Lipinski definition) is 3. The number of rotatable bonds is 4. The molecule has 0 amide bonds. The Bertz CT molecular complexity index is 475. The zero-order valence-electron chi connectivity index (χ0n) is 10.2. The topological polar surface area (TPSA) is 33.1 Å². The predicted molar refractivity (Wildman–Crippen MR) is 71.3 cm³/mol. The minimum absolute atomic E-state index is 0.443. The van der Waals surface area contributed by atoms with E-state index in [0.717, 1.165) is 23.2 Å². The smallest absolute Gasteiger partial charge is 0.0856 e. The molecule has 2 rings (SSSR count). The van der Waals surface area contributed by atoms with Crippen LogP contribution in [0, 0.1) is 6.92 Å². The summed E-state index contributed by atoms with van der Waals surface area (Å²) in [5.74, 6) is 0. The van der Waals surface area contributed by atoms with Crippen LogP contribution >= 0.6 is 11.3 Å². The van der Waals surface area contributed by atoms with E-state index in [2.05, 4.69) is 23.4 Å². The summed E-state index contributed by atoms with van der Waals surface area (Å²) in [5.41, 5.74) is 4.36. The van der Waals surface area contributed by atoms with Crippen molar-refractivity contribution in [1.29, 1.82) is 0 Å². The fourth-order valence-electron chi connectivity index (χ4n) is 1.80. The standard InChI is InChI=1S/C14H17NOS/c1-3-11-4-5-12(15-7-11)6-14(16)13-9-17-8-10(13)2/h4-5,7-9,14,16H,3,6H2,1-2H3. The molecule has 1 atom stereocenters. The number of aryl methyl sites for hydroxylation is 2. The van der Waals surface area contributed by atoms with Crippen LogP contribution in [-0.2, 0) is 12.8 Å². The number of aliphatic hydroxyl groups is 1. The molecule has 0 saturated carbocycles. The molecule has 17 heavy (non-hydrogen) atoms. The first-order valence-corrected chi connectivity index (χ1v) is 6.79. The maximum Gasteiger partial charge on any atom is 0.0856 e. The van der Waals surface area contributed by atoms with Gasteiger partial charge in [-0.2, -0.15) is 11.3 Å². The Kier molecular flexibility index (Phi) is 3.92. The summed E-state index contributed by atoms with van der Waals surface area (Å²) in [5, 5.41) is 14.2. The van der Waals surface area contributed by atoms with Crippen molar-refractivity contribution in [3.05, 3.63) is 51.5 Å². The van der Waals surface area contributed by atoms with Crippen LogP contribution in [0.4, 0.5) is 0 Å². The molecule has 2 aromatic rings. The Hall–Kier alpha value is -1.19. The molecule has 90 valence electrons. The molecule has 0 spiro atoms. The van der Waals surface area contributed by atoms with Gasteiger partial charge in [0.1, 0.15) is 0 Å². The van der Waals surface area contributed by atoms with Gasteiger partial charge in [-0.1, -0.05) is 13.0 Å². The van der Waals surface area contributed by atoms with Crippen molar-refractivity contribution < 1.29 is 5.11 Å². The van der Waals surface area contributed by atoms with Gasteiger partial charge in [0.05, 0.1) is 6.10 Å². The second-order valence-electron chi connectivity index (χ2n) is 4.24. The van der Waals surface area contributed by atoms with Gasteiger partial charge in [-0.3, -0.25) is 4.98 Å². The number of nitrogens with zero attached hydrogens (tertiary/aromatic N) is 1. The van der Waals surface area contributed by atoms with Gasteiger partial charge in [0.2, 0.25) is 0 Å². The minimum atomic E-state index is -0.443. The van der Waals surface area contributed by atoms with Gasteiger partial charge >= 0.3 is 0 Å². The minimum Gasteiger partial charge on any atom is -0.388 e. The van der Waals surface area contributed by atoms with E-state index in [-0.39, 0.29) is 0 Å². The molecular formula is C14H17NOS. The molecule has 0 aliphatic carbocycles. The summed E-state index contributed by atoms with van der Waals surface area (Å²) >= 11 is 1.63. The van der Waals surface area contributed by atoms with E-state index in [0.29, 0.717) is 6.42 Å². The Morgan fingerprint density at radius 3 is 2.71 bits per heavy atom. The Labute approximate surface area is 106 Å². The fraction of sp³-hybridized carbons (Fsp3) is 0.357. The third-order valence-corrected chi connectivity index (χ3v) is 3.83. The second kappa shape index (κ2) is 5.43. The lowest BCUT2D eigenvalue weighted by atomic mass is 10.0. The van der Waals surface area contributed by atoms with Crippen LogP contribution in [0.15, 0.2) is 29.1 Å². The lowest BCUT2D eigenvalue weighted by Crippen LogP contribution is -2.03. The van der Waals surface area contributed by atoms with Gasteiger partial charge in [0.15, 0.2) is 0 Å². The number of aromatic nitrogens is 1. The summed E-state index contributed by atoms with van der Waals surface area (Å²) in [6, 6.07) is 4.08. The van der Waals surface area contributed by atoms with Gasteiger partial charge in [0.25, 0.3) is 0 Å². The van der Waals surface area contributed by atoms with Gasteiger partial charge in [-0.15, -0.1) is 0 Å². The highest BCUT2D eigenvalue weighted by atomic mass is 32.1. The summed E-state index contributed by atoms with van der Waals surface area (Å²) < 4.78 is 0. The Balaban J connectivity index is 2.07. The largest absolute Gasteiger partial charge is 0.388 e. The van der Waals surface area contributed by atoms with Crippen LogP contribution in [0.2, 0.25) is 0 Å². The first-order chi connectivity index (χ1) is 8.20. The predicted octanol–water partition coefficient (Wildman–Crippen LogP) is 3.29. The molecule has 3 heteroatoms. The number of aliphatic hydroxyl groups excluding tert-OH is 1. The third-order valence-electron chi connectivity index (χ3n) is 2.95. The first-order valence-electron chi connectivity index (χ1n) is 5.85. The molecule has 0 radical (unpaired) electrons. The lowest BCUT2D eigenvalue weighted by Gasteiger charge is -2.10. The van der Waals surface area contributed by atoms with E-state index in [1.807, 2.05) is 24.6 Å². The number of thiophene rings is 1. The molecule has 2 nitrogen and oxygen atoms in total. The number of pyridine rings is 1. The lowest BCUT2D eigenvalue weighted by molar-refractivity contribution is 0.177. The zero-order valence-corrected chi connectivity index (χ0v) is 11.0. The first kappa shape index (κ1) is 12.3. The Morgan fingerprint density at radius 1 is 1.35 bits per heavy atom. The number of hydrogen-bond donors (Lipinski definition) is 1. The third kappa shape index (κ3) is 2.93. The normalized spacial score (nSPS) is 12.6. The van der Waals surface area contributed by atoms with Crippen LogP contribution in [0.3, 0.4) is 0 Å². The van der Waals surface area contributed by atoms with Crippen LogP contribution in [0.25, 0.3) is 0 Å². The molecule has 0 fully saturated rings. The highest BCUT2D eigenvalue weighted by Crippen LogP contribution is 2.24. The van der Waals surface area contributed by atoms with E-state index in [4.69, 9.17) is 0 Å². The average Bonchev–Trinajstić information content (AvgIpc) is 2.76. The highest BCUT2D eigenvalue weighted by molar-refractivity contribution is 7.08. The van der Waals surface area contributed by atoms with E-state index in [9.17, 15) is 5.11 Å². The average molecular weight is 247 g/mol. The van der Waals surface area contributed by atoms with Gasteiger partial charge in [-0.05, 0) is 46.9 Å². The molecular weight excluding hydrogens is 230 g/mol. The van der Waals surface area contributed by atoms with Crippen molar-refractivity contribution in [2.75, 3.05) is 0 Å². The van der Waals surface area contributed by atoms with Crippen molar-refractivity contribution >= 4 is 11.3 Å². The second-order valence-corrected chi connectivity index (χ2v) is 4.98. The fourth-order valence-corrected chi connectivity index (χ4v) is 2.70. The van der Waals surface area contributed by atoms with Crippen LogP contribution in [0.1, 0.15) is 35.4 Å². The molecule has 2 heterocycles. The van der Waals surface area contributed by atoms with E-state index in [1.54, 1.807) is 11.3 Å². The van der Waals surface area contributed by atoms with Gasteiger partial charge in [0, 0.05) is 18.3 Å². The molecule has 1 unspecified atom stereocenters. The molecule has 0 aromatic carbocycles. The van der Waals surface area contributed by atoms with Crippen molar-refractivity contribution in [3.8, 4) is 0 Å². The van der Waals surface area contributed by atoms with Crippen molar-refractivity contribution in [3.63, 3.8) is 0 Å². The molecule has 2 aromatic heterocycles. The van der Waals surface area contributed by atoms with Gasteiger partial charge < -0.3 is 5.11 Å². The molecule has 0 bridgehead atoms. The van der Waals surface area contributed by atoms with Gasteiger partial charge in [-0.25, -0.2) is 0 Å². The molecule has 0 saturated heterocycles. The van der Waals surface area contributed by atoms with Crippen LogP contribution in [0.5, 0.6) is 0 Å². The Morgan fingerprint density at radius 2 is 2.18 bits per heavy atom. The van der Waals surface area contributed by atoms with Crippen molar-refractivity contribution in [2.24, 2.45) is 0 Å². The van der Waals surface area contributed by atoms with Crippen LogP contribution < -0.4 is 0 Å². The van der Waals surface area contributed by atoms with E-state index >= 15 is 0 Å². The van der Waals surface area contributed by atoms with Crippen LogP contribution in [-0.4, -0.2) is 10.1 Å².